The van der Waals surface area contributed by atoms with Crippen molar-refractivity contribution >= 4 is 17.3 Å². The van der Waals surface area contributed by atoms with E-state index in [-0.39, 0.29) is 11.9 Å². The molecule has 0 saturated heterocycles. The van der Waals surface area contributed by atoms with Gasteiger partial charge < -0.3 is 10.6 Å². The van der Waals surface area contributed by atoms with Crippen LogP contribution in [0.3, 0.4) is 0 Å². The fraction of sp³-hybridized carbons (Fsp3) is 0.294. The Bertz CT molecular complexity index is 654. The highest BCUT2D eigenvalue weighted by Gasteiger charge is 2.23. The predicted molar refractivity (Wildman–Crippen MR) is 84.3 cm³/mol. The van der Waals surface area contributed by atoms with E-state index in [1.807, 2.05) is 43.5 Å². The van der Waals surface area contributed by atoms with Gasteiger partial charge in [-0.25, -0.2) is 0 Å². The van der Waals surface area contributed by atoms with Crippen LogP contribution in [-0.4, -0.2) is 10.9 Å². The molecule has 0 saturated carbocycles. The van der Waals surface area contributed by atoms with E-state index in [1.165, 1.54) is 5.56 Å². The summed E-state index contributed by atoms with van der Waals surface area (Å²) in [5.74, 6) is 0.0278. The first kappa shape index (κ1) is 13.6. The van der Waals surface area contributed by atoms with Crippen molar-refractivity contribution in [3.63, 3.8) is 0 Å². The third kappa shape index (κ3) is 3.05. The Hall–Kier alpha value is -2.36. The number of nitrogens with one attached hydrogen (secondary N) is 2. The topological polar surface area (TPSA) is 54.0 Å². The standard InChI is InChI=1S/C17H19N3O/c1-2-16(21)20-14-7-3-6-13(11-14)19-15-9-8-12-5-4-10-18-17(12)15/h3-7,10-11,15,19H,2,8-9H2,1H3,(H,20,21). The number of hydrogen-bond acceptors (Lipinski definition) is 3. The molecule has 2 N–H and O–H groups in total. The Morgan fingerprint density at radius 2 is 2.14 bits per heavy atom. The van der Waals surface area contributed by atoms with Crippen LogP contribution in [0.1, 0.15) is 37.1 Å². The number of rotatable bonds is 4. The van der Waals surface area contributed by atoms with Crippen molar-refractivity contribution in [2.24, 2.45) is 0 Å². The van der Waals surface area contributed by atoms with Crippen LogP contribution in [-0.2, 0) is 11.2 Å². The highest BCUT2D eigenvalue weighted by molar-refractivity contribution is 5.90. The first-order valence-corrected chi connectivity index (χ1v) is 7.36. The molecule has 21 heavy (non-hydrogen) atoms. The van der Waals surface area contributed by atoms with Crippen molar-refractivity contribution in [2.45, 2.75) is 32.2 Å². The fourth-order valence-electron chi connectivity index (χ4n) is 2.69. The Labute approximate surface area is 124 Å². The molecule has 1 atom stereocenters. The number of pyridine rings is 1. The average Bonchev–Trinajstić information content (AvgIpc) is 2.91. The van der Waals surface area contributed by atoms with Crippen LogP contribution in [0.2, 0.25) is 0 Å². The lowest BCUT2D eigenvalue weighted by atomic mass is 10.2. The maximum Gasteiger partial charge on any atom is 0.224 e. The molecular formula is C17H19N3O. The quantitative estimate of drug-likeness (QED) is 0.901. The maximum atomic E-state index is 11.5. The van der Waals surface area contributed by atoms with Crippen molar-refractivity contribution in [2.75, 3.05) is 10.6 Å². The van der Waals surface area contributed by atoms with Crippen LogP contribution in [0.25, 0.3) is 0 Å². The van der Waals surface area contributed by atoms with E-state index in [0.29, 0.717) is 6.42 Å². The van der Waals surface area contributed by atoms with Crippen LogP contribution in [0.5, 0.6) is 0 Å². The van der Waals surface area contributed by atoms with Gasteiger partial charge in [-0.3, -0.25) is 9.78 Å². The first-order valence-electron chi connectivity index (χ1n) is 7.36. The number of benzene rings is 1. The van der Waals surface area contributed by atoms with Gasteiger partial charge in [-0.2, -0.15) is 0 Å². The normalized spacial score (nSPS) is 16.3. The summed E-state index contributed by atoms with van der Waals surface area (Å²) in [6, 6.07) is 12.2. The van der Waals surface area contributed by atoms with Gasteiger partial charge in [-0.1, -0.05) is 19.1 Å². The van der Waals surface area contributed by atoms with E-state index in [9.17, 15) is 4.79 Å². The highest BCUT2D eigenvalue weighted by Crippen LogP contribution is 2.32. The van der Waals surface area contributed by atoms with Gasteiger partial charge in [0.05, 0.1) is 11.7 Å². The minimum absolute atomic E-state index is 0.0278. The van der Waals surface area contributed by atoms with Crippen molar-refractivity contribution in [3.05, 3.63) is 53.9 Å². The second-order valence-electron chi connectivity index (χ2n) is 5.27. The minimum Gasteiger partial charge on any atom is -0.377 e. The van der Waals surface area contributed by atoms with Crippen molar-refractivity contribution in [3.8, 4) is 0 Å². The molecule has 2 aromatic rings. The van der Waals surface area contributed by atoms with Gasteiger partial charge in [-0.15, -0.1) is 0 Å². The van der Waals surface area contributed by atoms with Crippen LogP contribution in [0.4, 0.5) is 11.4 Å². The first-order chi connectivity index (χ1) is 10.3. The number of anilines is 2. The van der Waals surface area contributed by atoms with E-state index in [2.05, 4.69) is 21.7 Å². The van der Waals surface area contributed by atoms with E-state index in [0.717, 1.165) is 29.9 Å². The molecule has 108 valence electrons. The molecule has 0 fully saturated rings. The van der Waals surface area contributed by atoms with Crippen molar-refractivity contribution in [1.29, 1.82) is 0 Å². The lowest BCUT2D eigenvalue weighted by Crippen LogP contribution is -2.11. The van der Waals surface area contributed by atoms with E-state index in [1.54, 1.807) is 0 Å². The molecule has 1 aromatic heterocycles. The Kier molecular flexibility index (Phi) is 3.86. The largest absolute Gasteiger partial charge is 0.377 e. The Morgan fingerprint density at radius 3 is 3.00 bits per heavy atom. The molecule has 0 aliphatic heterocycles. The van der Waals surface area contributed by atoms with Crippen LogP contribution < -0.4 is 10.6 Å². The maximum absolute atomic E-state index is 11.5. The highest BCUT2D eigenvalue weighted by atomic mass is 16.1. The number of carbonyl (C=O) groups is 1. The molecule has 1 aliphatic rings. The summed E-state index contributed by atoms with van der Waals surface area (Å²) in [5.41, 5.74) is 4.30. The molecule has 1 aromatic carbocycles. The molecule has 4 nitrogen and oxygen atoms in total. The van der Waals surface area contributed by atoms with Crippen molar-refractivity contribution < 1.29 is 4.79 Å². The van der Waals surface area contributed by atoms with Gasteiger partial charge in [0, 0.05) is 24.0 Å². The summed E-state index contributed by atoms with van der Waals surface area (Å²) in [6.45, 7) is 1.85. The van der Waals surface area contributed by atoms with Gasteiger partial charge in [0.2, 0.25) is 5.91 Å². The molecule has 0 bridgehead atoms. The van der Waals surface area contributed by atoms with Crippen LogP contribution >= 0.6 is 0 Å². The third-order valence-corrected chi connectivity index (χ3v) is 3.77. The Balaban J connectivity index is 1.74. The molecule has 1 aliphatic carbocycles. The van der Waals surface area contributed by atoms with Gasteiger partial charge in [0.15, 0.2) is 0 Å². The van der Waals surface area contributed by atoms with E-state index in [4.69, 9.17) is 0 Å². The van der Waals surface area contributed by atoms with Gasteiger partial charge >= 0.3 is 0 Å². The number of hydrogen-bond donors (Lipinski definition) is 2. The van der Waals surface area contributed by atoms with E-state index < -0.39 is 0 Å². The van der Waals surface area contributed by atoms with Gasteiger partial charge in [0.25, 0.3) is 0 Å². The molecule has 1 unspecified atom stereocenters. The fourth-order valence-corrected chi connectivity index (χ4v) is 2.69. The molecule has 1 heterocycles. The van der Waals surface area contributed by atoms with Crippen molar-refractivity contribution in [1.82, 2.24) is 4.98 Å². The third-order valence-electron chi connectivity index (χ3n) is 3.77. The molecule has 0 radical (unpaired) electrons. The molecule has 0 spiro atoms. The Morgan fingerprint density at radius 1 is 1.29 bits per heavy atom. The van der Waals surface area contributed by atoms with Gasteiger partial charge in [-0.05, 0) is 42.7 Å². The number of aryl methyl sites for hydroxylation is 1. The lowest BCUT2D eigenvalue weighted by Gasteiger charge is -2.15. The summed E-state index contributed by atoms with van der Waals surface area (Å²) in [5, 5.41) is 6.40. The van der Waals surface area contributed by atoms with Gasteiger partial charge in [0.1, 0.15) is 0 Å². The number of aromatic nitrogens is 1. The monoisotopic (exact) mass is 281 g/mol. The molecule has 3 rings (SSSR count). The van der Waals surface area contributed by atoms with Crippen LogP contribution in [0.15, 0.2) is 42.6 Å². The number of nitrogens with zero attached hydrogens (tertiary/aromatic N) is 1. The smallest absolute Gasteiger partial charge is 0.224 e. The zero-order chi connectivity index (χ0) is 14.7. The second-order valence-corrected chi connectivity index (χ2v) is 5.27. The summed E-state index contributed by atoms with van der Waals surface area (Å²) in [7, 11) is 0. The minimum atomic E-state index is 0.0278. The molecular weight excluding hydrogens is 262 g/mol. The summed E-state index contributed by atoms with van der Waals surface area (Å²) in [4.78, 5) is 15.9. The summed E-state index contributed by atoms with van der Waals surface area (Å²) in [6.07, 6.45) is 4.44. The summed E-state index contributed by atoms with van der Waals surface area (Å²) >= 11 is 0. The zero-order valence-corrected chi connectivity index (χ0v) is 12.1. The molecule has 4 heteroatoms. The number of fused-ring (bicyclic) bond motifs is 1. The number of amides is 1. The van der Waals surface area contributed by atoms with E-state index >= 15 is 0 Å². The summed E-state index contributed by atoms with van der Waals surface area (Å²) < 4.78 is 0. The average molecular weight is 281 g/mol. The zero-order valence-electron chi connectivity index (χ0n) is 12.1. The van der Waals surface area contributed by atoms with Crippen LogP contribution in [0, 0.1) is 0 Å². The number of carbonyl (C=O) groups excluding carboxylic acids is 1. The lowest BCUT2D eigenvalue weighted by molar-refractivity contribution is -0.115. The predicted octanol–water partition coefficient (Wildman–Crippen LogP) is 3.53. The molecule has 1 amide bonds. The SMILES string of the molecule is CCC(=O)Nc1cccc(NC2CCc3cccnc32)c1. The second kappa shape index (κ2) is 5.95.